The van der Waals surface area contributed by atoms with Crippen LogP contribution in [0.3, 0.4) is 0 Å². The van der Waals surface area contributed by atoms with E-state index in [1.165, 1.54) is 19.3 Å². The van der Waals surface area contributed by atoms with Crippen molar-refractivity contribution in [3.8, 4) is 5.88 Å². The molecule has 0 radical (unpaired) electrons. The molecule has 0 N–H and O–H groups in total. The van der Waals surface area contributed by atoms with Gasteiger partial charge in [0.25, 0.3) is 0 Å². The van der Waals surface area contributed by atoms with E-state index in [4.69, 9.17) is 9.47 Å². The van der Waals surface area contributed by atoms with Crippen molar-refractivity contribution in [2.24, 2.45) is 11.8 Å². The van der Waals surface area contributed by atoms with Crippen LogP contribution in [0.1, 0.15) is 25.0 Å². The van der Waals surface area contributed by atoms with Gasteiger partial charge in [-0.2, -0.15) is 4.98 Å². The van der Waals surface area contributed by atoms with Crippen molar-refractivity contribution >= 4 is 5.95 Å². The molecule has 2 aliphatic rings. The fourth-order valence-electron chi connectivity index (χ4n) is 2.99. The van der Waals surface area contributed by atoms with Crippen LogP contribution in [0.2, 0.25) is 0 Å². The van der Waals surface area contributed by atoms with Crippen molar-refractivity contribution in [3.63, 3.8) is 0 Å². The van der Waals surface area contributed by atoms with Crippen LogP contribution in [0.25, 0.3) is 0 Å². The molecule has 0 aromatic carbocycles. The first-order chi connectivity index (χ1) is 9.76. The molecule has 3 rings (SSSR count). The van der Waals surface area contributed by atoms with Gasteiger partial charge >= 0.3 is 0 Å². The predicted octanol–water partition coefficient (Wildman–Crippen LogP) is 2.05. The van der Waals surface area contributed by atoms with Crippen molar-refractivity contribution in [1.29, 1.82) is 0 Å². The van der Waals surface area contributed by atoms with Gasteiger partial charge in [0, 0.05) is 30.8 Å². The largest absolute Gasteiger partial charge is 0.481 e. The van der Waals surface area contributed by atoms with Crippen LogP contribution < -0.4 is 9.64 Å². The Morgan fingerprint density at radius 3 is 2.85 bits per heavy atom. The maximum atomic E-state index is 5.77. The number of nitrogens with zero attached hydrogens (tertiary/aromatic N) is 3. The third-order valence-corrected chi connectivity index (χ3v) is 4.42. The first-order valence-corrected chi connectivity index (χ1v) is 7.48. The molecule has 0 bridgehead atoms. The van der Waals surface area contributed by atoms with E-state index < -0.39 is 0 Å². The normalized spacial score (nSPS) is 24.1. The van der Waals surface area contributed by atoms with E-state index in [2.05, 4.69) is 14.9 Å². The van der Waals surface area contributed by atoms with Gasteiger partial charge in [-0.1, -0.05) is 19.3 Å². The minimum absolute atomic E-state index is 0.612. The van der Waals surface area contributed by atoms with Crippen LogP contribution in [-0.2, 0) is 4.74 Å². The van der Waals surface area contributed by atoms with Gasteiger partial charge in [-0.05, 0) is 12.8 Å². The van der Waals surface area contributed by atoms with Gasteiger partial charge in [-0.3, -0.25) is 0 Å². The Labute approximate surface area is 120 Å². The fourth-order valence-corrected chi connectivity index (χ4v) is 2.99. The molecular weight excluding hydrogens is 254 g/mol. The fraction of sp³-hybridized carbons (Fsp3) is 0.733. The van der Waals surface area contributed by atoms with Gasteiger partial charge in [0.1, 0.15) is 0 Å². The first kappa shape index (κ1) is 13.6. The zero-order valence-electron chi connectivity index (χ0n) is 12.3. The van der Waals surface area contributed by atoms with Gasteiger partial charge in [0.2, 0.25) is 11.8 Å². The number of hydrogen-bond donors (Lipinski definition) is 0. The van der Waals surface area contributed by atoms with Crippen molar-refractivity contribution in [3.05, 3.63) is 11.8 Å². The molecule has 5 heteroatoms. The Balaban J connectivity index is 1.78. The maximum absolute atomic E-state index is 5.77. The van der Waals surface area contributed by atoms with E-state index >= 15 is 0 Å². The molecule has 1 aliphatic heterocycles. The molecule has 5 nitrogen and oxygen atoms in total. The van der Waals surface area contributed by atoms with Crippen LogP contribution in [0, 0.1) is 18.8 Å². The lowest BCUT2D eigenvalue weighted by Gasteiger charge is -2.34. The monoisotopic (exact) mass is 277 g/mol. The van der Waals surface area contributed by atoms with E-state index in [1.54, 1.807) is 7.11 Å². The molecule has 1 saturated carbocycles. The molecule has 0 amide bonds. The summed E-state index contributed by atoms with van der Waals surface area (Å²) in [5, 5.41) is 0. The second kappa shape index (κ2) is 5.95. The van der Waals surface area contributed by atoms with Gasteiger partial charge in [0.15, 0.2) is 0 Å². The highest BCUT2D eigenvalue weighted by Crippen LogP contribution is 2.35. The highest BCUT2D eigenvalue weighted by atomic mass is 16.5. The molecule has 20 heavy (non-hydrogen) atoms. The van der Waals surface area contributed by atoms with E-state index in [9.17, 15) is 0 Å². The van der Waals surface area contributed by atoms with Gasteiger partial charge < -0.3 is 14.4 Å². The summed E-state index contributed by atoms with van der Waals surface area (Å²) >= 11 is 0. The van der Waals surface area contributed by atoms with Crippen LogP contribution in [-0.4, -0.2) is 43.4 Å². The molecule has 1 aliphatic carbocycles. The summed E-state index contributed by atoms with van der Waals surface area (Å²) in [6.45, 7) is 5.46. The third-order valence-electron chi connectivity index (χ3n) is 4.42. The van der Waals surface area contributed by atoms with Gasteiger partial charge in [-0.25, -0.2) is 4.98 Å². The standard InChI is InChI=1S/C15H23N3O2/c1-11-8-14(19-2)17-15(16-11)18-6-7-20-10-13(9-18)12-4-3-5-12/h8,12-13H,3-7,9-10H2,1-2H3. The number of aromatic nitrogens is 2. The van der Waals surface area contributed by atoms with E-state index in [-0.39, 0.29) is 0 Å². The molecule has 0 spiro atoms. The highest BCUT2D eigenvalue weighted by Gasteiger charge is 2.31. The van der Waals surface area contributed by atoms with Crippen molar-refractivity contribution < 1.29 is 9.47 Å². The quantitative estimate of drug-likeness (QED) is 0.846. The Hall–Kier alpha value is -1.36. The Morgan fingerprint density at radius 1 is 1.30 bits per heavy atom. The molecule has 2 heterocycles. The number of hydrogen-bond acceptors (Lipinski definition) is 5. The van der Waals surface area contributed by atoms with Crippen molar-refractivity contribution in [2.75, 3.05) is 38.3 Å². The Kier molecular flexibility index (Phi) is 4.05. The summed E-state index contributed by atoms with van der Waals surface area (Å²) in [6.07, 6.45) is 4.07. The molecule has 1 atom stereocenters. The molecule has 1 unspecified atom stereocenters. The SMILES string of the molecule is COc1cc(C)nc(N2CCOCC(C3CCC3)C2)n1. The number of aryl methyl sites for hydroxylation is 1. The number of ether oxygens (including phenoxy) is 2. The Morgan fingerprint density at radius 2 is 2.15 bits per heavy atom. The summed E-state index contributed by atoms with van der Waals surface area (Å²) < 4.78 is 11.0. The summed E-state index contributed by atoms with van der Waals surface area (Å²) in [7, 11) is 1.65. The van der Waals surface area contributed by atoms with E-state index in [0.717, 1.165) is 43.9 Å². The summed E-state index contributed by atoms with van der Waals surface area (Å²) in [5.74, 6) is 2.85. The lowest BCUT2D eigenvalue weighted by molar-refractivity contribution is 0.0784. The van der Waals surface area contributed by atoms with E-state index in [0.29, 0.717) is 11.8 Å². The minimum Gasteiger partial charge on any atom is -0.481 e. The molecule has 2 fully saturated rings. The molecule has 110 valence electrons. The Bertz CT molecular complexity index is 462. The summed E-state index contributed by atoms with van der Waals surface area (Å²) in [4.78, 5) is 11.3. The molecule has 1 saturated heterocycles. The molecule has 1 aromatic heterocycles. The lowest BCUT2D eigenvalue weighted by atomic mass is 9.76. The summed E-state index contributed by atoms with van der Waals surface area (Å²) in [6, 6.07) is 1.86. The van der Waals surface area contributed by atoms with Crippen molar-refractivity contribution in [2.45, 2.75) is 26.2 Å². The van der Waals surface area contributed by atoms with Gasteiger partial charge in [0.05, 0.1) is 20.3 Å². The van der Waals surface area contributed by atoms with Crippen LogP contribution in [0.15, 0.2) is 6.07 Å². The summed E-state index contributed by atoms with van der Waals surface area (Å²) in [5.41, 5.74) is 0.942. The maximum Gasteiger partial charge on any atom is 0.228 e. The number of rotatable bonds is 3. The average Bonchev–Trinajstić information content (AvgIpc) is 2.62. The highest BCUT2D eigenvalue weighted by molar-refractivity contribution is 5.34. The van der Waals surface area contributed by atoms with Gasteiger partial charge in [-0.15, -0.1) is 0 Å². The third kappa shape index (κ3) is 2.87. The average molecular weight is 277 g/mol. The minimum atomic E-state index is 0.612. The van der Waals surface area contributed by atoms with E-state index in [1.807, 2.05) is 13.0 Å². The predicted molar refractivity (Wildman–Crippen MR) is 77.2 cm³/mol. The lowest BCUT2D eigenvalue weighted by Crippen LogP contribution is -2.36. The smallest absolute Gasteiger partial charge is 0.228 e. The number of anilines is 1. The number of methoxy groups -OCH3 is 1. The van der Waals surface area contributed by atoms with Crippen molar-refractivity contribution in [1.82, 2.24) is 9.97 Å². The topological polar surface area (TPSA) is 47.5 Å². The van der Waals surface area contributed by atoms with Crippen LogP contribution in [0.5, 0.6) is 5.88 Å². The first-order valence-electron chi connectivity index (χ1n) is 7.48. The second-order valence-electron chi connectivity index (χ2n) is 5.82. The van der Waals surface area contributed by atoms with Crippen LogP contribution in [0.4, 0.5) is 5.95 Å². The van der Waals surface area contributed by atoms with Crippen LogP contribution >= 0.6 is 0 Å². The molecule has 1 aromatic rings. The zero-order chi connectivity index (χ0) is 13.9. The second-order valence-corrected chi connectivity index (χ2v) is 5.82. The molecular formula is C15H23N3O2. The zero-order valence-corrected chi connectivity index (χ0v) is 12.3.